The molecule has 1 spiro atoms. The minimum atomic E-state index is -1.37. The number of ether oxygens (including phenoxy) is 2. The lowest BCUT2D eigenvalue weighted by atomic mass is 9.64. The van der Waals surface area contributed by atoms with E-state index in [1.165, 1.54) is 21.1 Å². The van der Waals surface area contributed by atoms with Crippen LogP contribution in [-0.4, -0.2) is 43.8 Å². The summed E-state index contributed by atoms with van der Waals surface area (Å²) in [6, 6.07) is 16.2. The molecule has 1 saturated heterocycles. The van der Waals surface area contributed by atoms with Gasteiger partial charge in [-0.3, -0.25) is 14.4 Å². The van der Waals surface area contributed by atoms with Crippen molar-refractivity contribution in [2.75, 3.05) is 24.4 Å². The molecule has 7 nitrogen and oxygen atoms in total. The van der Waals surface area contributed by atoms with E-state index in [0.717, 1.165) is 11.3 Å². The van der Waals surface area contributed by atoms with Crippen LogP contribution in [0.5, 0.6) is 11.5 Å². The molecule has 0 saturated carbocycles. The van der Waals surface area contributed by atoms with Gasteiger partial charge in [0.25, 0.3) is 0 Å². The van der Waals surface area contributed by atoms with Crippen LogP contribution in [0.25, 0.3) is 6.08 Å². The molecule has 0 aromatic heterocycles. The van der Waals surface area contributed by atoms with Crippen molar-refractivity contribution >= 4 is 46.5 Å². The van der Waals surface area contributed by atoms with Gasteiger partial charge in [-0.2, -0.15) is 0 Å². The number of ketones is 2. The number of nitrogens with zero attached hydrogens (tertiary/aromatic N) is 1. The molecular formula is C30H25ClN2O5. The van der Waals surface area contributed by atoms with Crippen LogP contribution in [0.1, 0.15) is 28.4 Å². The van der Waals surface area contributed by atoms with Gasteiger partial charge in [0.05, 0.1) is 37.8 Å². The number of anilines is 2. The van der Waals surface area contributed by atoms with Gasteiger partial charge in [0.15, 0.2) is 11.6 Å². The molecule has 192 valence electrons. The first-order valence-corrected chi connectivity index (χ1v) is 12.6. The smallest absolute Gasteiger partial charge is 0.238 e. The molecule has 0 aliphatic carbocycles. The summed E-state index contributed by atoms with van der Waals surface area (Å²) in [5, 5.41) is 3.56. The van der Waals surface area contributed by atoms with E-state index in [2.05, 4.69) is 5.32 Å². The van der Waals surface area contributed by atoms with Crippen LogP contribution in [0.15, 0.2) is 66.7 Å². The fourth-order valence-corrected chi connectivity index (χ4v) is 6.66. The first kappa shape index (κ1) is 24.2. The van der Waals surface area contributed by atoms with Crippen LogP contribution in [0, 0.1) is 5.92 Å². The number of nitrogens with one attached hydrogen (secondary N) is 1. The van der Waals surface area contributed by atoms with Crippen molar-refractivity contribution in [3.05, 3.63) is 88.5 Å². The third-order valence-corrected chi connectivity index (χ3v) is 8.20. The minimum absolute atomic E-state index is 0.222. The van der Waals surface area contributed by atoms with E-state index >= 15 is 0 Å². The Bertz CT molecular complexity index is 1550. The van der Waals surface area contributed by atoms with Gasteiger partial charge in [-0.05, 0) is 60.5 Å². The van der Waals surface area contributed by atoms with E-state index < -0.39 is 23.4 Å². The average Bonchev–Trinajstić information content (AvgIpc) is 3.40. The van der Waals surface area contributed by atoms with Crippen molar-refractivity contribution < 1.29 is 23.9 Å². The van der Waals surface area contributed by atoms with Crippen molar-refractivity contribution in [3.8, 4) is 11.5 Å². The maximum Gasteiger partial charge on any atom is 0.238 e. The Morgan fingerprint density at radius 3 is 2.55 bits per heavy atom. The third kappa shape index (κ3) is 3.18. The summed E-state index contributed by atoms with van der Waals surface area (Å²) in [6.45, 7) is 1.47. The van der Waals surface area contributed by atoms with Crippen molar-refractivity contribution in [2.45, 2.75) is 24.4 Å². The maximum atomic E-state index is 14.7. The number of hydrogen-bond donors (Lipinski definition) is 1. The maximum absolute atomic E-state index is 14.7. The Hall–Kier alpha value is -4.10. The molecule has 6 rings (SSSR count). The number of amides is 1. The van der Waals surface area contributed by atoms with Gasteiger partial charge in [-0.1, -0.05) is 42.0 Å². The van der Waals surface area contributed by atoms with Gasteiger partial charge < -0.3 is 19.7 Å². The molecule has 0 bridgehead atoms. The molecule has 3 aliphatic heterocycles. The van der Waals surface area contributed by atoms with Crippen LogP contribution in [0.2, 0.25) is 5.02 Å². The average molecular weight is 529 g/mol. The van der Waals surface area contributed by atoms with Crippen molar-refractivity contribution in [1.29, 1.82) is 0 Å². The lowest BCUT2D eigenvalue weighted by molar-refractivity contribution is -0.122. The topological polar surface area (TPSA) is 84.9 Å². The number of carbonyl (C=O) groups is 3. The molecular weight excluding hydrogens is 504 g/mol. The predicted octanol–water partition coefficient (Wildman–Crippen LogP) is 4.92. The number of methoxy groups -OCH3 is 2. The summed E-state index contributed by atoms with van der Waals surface area (Å²) in [6.07, 6.45) is 3.82. The molecule has 3 aromatic rings. The number of rotatable bonds is 5. The molecule has 1 fully saturated rings. The molecule has 4 unspecified atom stereocenters. The number of halogens is 1. The Labute approximate surface area is 225 Å². The number of carbonyl (C=O) groups excluding carboxylic acids is 3. The van der Waals surface area contributed by atoms with E-state index in [9.17, 15) is 14.4 Å². The highest BCUT2D eigenvalue weighted by atomic mass is 35.5. The van der Waals surface area contributed by atoms with E-state index in [1.807, 2.05) is 53.5 Å². The summed E-state index contributed by atoms with van der Waals surface area (Å²) < 4.78 is 11.0. The summed E-state index contributed by atoms with van der Waals surface area (Å²) in [4.78, 5) is 44.3. The monoisotopic (exact) mass is 528 g/mol. The van der Waals surface area contributed by atoms with E-state index in [-0.39, 0.29) is 23.0 Å². The molecule has 1 amide bonds. The first-order chi connectivity index (χ1) is 18.3. The van der Waals surface area contributed by atoms with Crippen LogP contribution >= 0.6 is 11.6 Å². The van der Waals surface area contributed by atoms with Crippen molar-refractivity contribution in [1.82, 2.24) is 0 Å². The molecule has 3 aromatic carbocycles. The number of benzene rings is 3. The number of Topliss-reactive ketones (excluding diaryl/α,β-unsaturated/α-hetero) is 2. The predicted molar refractivity (Wildman–Crippen MR) is 145 cm³/mol. The fraction of sp³-hybridized carbons (Fsp3) is 0.233. The molecule has 8 heteroatoms. The lowest BCUT2D eigenvalue weighted by Crippen LogP contribution is -2.51. The van der Waals surface area contributed by atoms with Crippen molar-refractivity contribution in [2.24, 2.45) is 5.92 Å². The number of hydrogen-bond acceptors (Lipinski definition) is 6. The lowest BCUT2D eigenvalue weighted by Gasteiger charge is -2.37. The second-order valence-corrected chi connectivity index (χ2v) is 10.2. The highest BCUT2D eigenvalue weighted by Crippen LogP contribution is 2.58. The third-order valence-electron chi connectivity index (χ3n) is 7.97. The van der Waals surface area contributed by atoms with Crippen LogP contribution < -0.4 is 19.7 Å². The van der Waals surface area contributed by atoms with Crippen LogP contribution in [0.3, 0.4) is 0 Å². The normalized spacial score (nSPS) is 24.5. The summed E-state index contributed by atoms with van der Waals surface area (Å²) in [5.41, 5.74) is 1.75. The van der Waals surface area contributed by atoms with E-state index in [4.69, 9.17) is 21.1 Å². The van der Waals surface area contributed by atoms with Crippen LogP contribution in [0.4, 0.5) is 11.4 Å². The molecule has 38 heavy (non-hydrogen) atoms. The zero-order valence-electron chi connectivity index (χ0n) is 21.0. The standard InChI is InChI=1S/C30H25ClN2O5/c1-16(34)27-26(28(35)20-15-19(37-2)10-12-24(20)38-3)30(21-6-4-5-7-22(21)32-29(30)36)25-13-8-17-14-18(31)9-11-23(17)33(25)27/h4-15,25-27H,1-3H3,(H,32,36). The summed E-state index contributed by atoms with van der Waals surface area (Å²) in [7, 11) is 2.99. The van der Waals surface area contributed by atoms with Gasteiger partial charge in [-0.25, -0.2) is 0 Å². The van der Waals surface area contributed by atoms with Crippen LogP contribution in [-0.2, 0) is 15.0 Å². The van der Waals surface area contributed by atoms with Gasteiger partial charge in [0.2, 0.25) is 5.91 Å². The second-order valence-electron chi connectivity index (χ2n) is 9.75. The Morgan fingerprint density at radius 1 is 1.03 bits per heavy atom. The van der Waals surface area contributed by atoms with E-state index in [1.54, 1.807) is 24.3 Å². The Kier molecular flexibility index (Phi) is 5.58. The Morgan fingerprint density at radius 2 is 1.82 bits per heavy atom. The van der Waals surface area contributed by atoms with Gasteiger partial charge >= 0.3 is 0 Å². The van der Waals surface area contributed by atoms with E-state index in [0.29, 0.717) is 27.8 Å². The van der Waals surface area contributed by atoms with Gasteiger partial charge in [-0.15, -0.1) is 0 Å². The first-order valence-electron chi connectivity index (χ1n) is 12.3. The second kappa shape index (κ2) is 8.74. The summed E-state index contributed by atoms with van der Waals surface area (Å²) in [5.74, 6) is -1.16. The van der Waals surface area contributed by atoms with Gasteiger partial charge in [0.1, 0.15) is 16.9 Å². The zero-order valence-corrected chi connectivity index (χ0v) is 21.8. The molecule has 3 aliphatic rings. The van der Waals surface area contributed by atoms with Crippen molar-refractivity contribution in [3.63, 3.8) is 0 Å². The zero-order chi connectivity index (χ0) is 26.8. The molecule has 1 N–H and O–H groups in total. The Balaban J connectivity index is 1.66. The molecule has 0 radical (unpaired) electrons. The van der Waals surface area contributed by atoms with Gasteiger partial charge in [0, 0.05) is 16.4 Å². The largest absolute Gasteiger partial charge is 0.497 e. The highest BCUT2D eigenvalue weighted by molar-refractivity contribution is 6.31. The highest BCUT2D eigenvalue weighted by Gasteiger charge is 2.70. The fourth-order valence-electron chi connectivity index (χ4n) is 6.48. The number of fused-ring (bicyclic) bond motifs is 6. The molecule has 4 atom stereocenters. The number of para-hydroxylation sites is 1. The molecule has 3 heterocycles. The quantitative estimate of drug-likeness (QED) is 0.473. The summed E-state index contributed by atoms with van der Waals surface area (Å²) >= 11 is 6.29. The SMILES string of the molecule is COc1ccc(OC)c(C(=O)C2C(C(C)=O)N3c4ccc(Cl)cc4C=CC3C23C(=O)Nc2ccccc23)c1. The minimum Gasteiger partial charge on any atom is -0.497 e.